The first-order valence-electron chi connectivity index (χ1n) is 11.1. The highest BCUT2D eigenvalue weighted by Gasteiger charge is 2.46. The Kier molecular flexibility index (Phi) is 12.8. The molecule has 0 aliphatic rings. The van der Waals surface area contributed by atoms with Gasteiger partial charge in [0, 0.05) is 0 Å². The summed E-state index contributed by atoms with van der Waals surface area (Å²) in [6, 6.07) is 18.5. The number of nitrogens with one attached hydrogen (secondary N) is 1. The van der Waals surface area contributed by atoms with Crippen LogP contribution in [0.2, 0.25) is 0 Å². The third kappa shape index (κ3) is 11.3. The Morgan fingerprint density at radius 1 is 0.917 bits per heavy atom. The number of hydrogen-bond donors (Lipinski definition) is 1. The summed E-state index contributed by atoms with van der Waals surface area (Å²) in [6.07, 6.45) is 1.17. The van der Waals surface area contributed by atoms with Crippen LogP contribution in [0.4, 0.5) is 13.2 Å². The molecule has 2 atom stereocenters. The summed E-state index contributed by atoms with van der Waals surface area (Å²) < 4.78 is 61.4. The Bertz CT molecular complexity index is 1040. The van der Waals surface area contributed by atoms with Gasteiger partial charge in [-0.25, -0.2) is 0 Å². The molecular formula is C25H32F3NO6S. The predicted molar refractivity (Wildman–Crippen MR) is 129 cm³/mol. The fourth-order valence-electron chi connectivity index (χ4n) is 3.04. The molecule has 36 heavy (non-hydrogen) atoms. The summed E-state index contributed by atoms with van der Waals surface area (Å²) in [5.41, 5.74) is -3.30. The zero-order valence-electron chi connectivity index (χ0n) is 20.6. The van der Waals surface area contributed by atoms with Gasteiger partial charge in [-0.15, -0.1) is 0 Å². The molecule has 0 amide bonds. The van der Waals surface area contributed by atoms with Crippen LogP contribution in [0.5, 0.6) is 0 Å². The minimum Gasteiger partial charge on any atom is -0.460 e. The molecule has 1 N–H and O–H groups in total. The Hall–Kier alpha value is -2.76. The second-order valence-electron chi connectivity index (χ2n) is 8.36. The standard InChI is InChI=1S/C23H29NO3.C2H3F3O3S/c1-17(2)14-22(23(26)27-16-20-12-8-5-9-13-20)24-21(18(3)25)15-19-10-6-4-7-11-19;1-8-9(6,7)2(3,4)5/h4-13,17,21-22,24H,14-16H2,1-3H3;1H3/t21-,22-;/m0./s1. The van der Waals surface area contributed by atoms with Crippen LogP contribution >= 0.6 is 0 Å². The van der Waals surface area contributed by atoms with Crippen molar-refractivity contribution >= 4 is 21.9 Å². The lowest BCUT2D eigenvalue weighted by Crippen LogP contribution is -2.48. The highest BCUT2D eigenvalue weighted by molar-refractivity contribution is 7.87. The van der Waals surface area contributed by atoms with E-state index in [0.29, 0.717) is 25.9 Å². The number of rotatable bonds is 11. The summed E-state index contributed by atoms with van der Waals surface area (Å²) >= 11 is 0. The lowest BCUT2D eigenvalue weighted by atomic mass is 9.99. The van der Waals surface area contributed by atoms with Gasteiger partial charge >= 0.3 is 21.6 Å². The highest BCUT2D eigenvalue weighted by atomic mass is 32.2. The molecule has 0 spiro atoms. The number of carbonyl (C=O) groups is 2. The molecule has 11 heteroatoms. The van der Waals surface area contributed by atoms with Gasteiger partial charge in [0.25, 0.3) is 0 Å². The number of carbonyl (C=O) groups excluding carboxylic acids is 2. The first-order chi connectivity index (χ1) is 16.8. The topological polar surface area (TPSA) is 98.8 Å². The summed E-state index contributed by atoms with van der Waals surface area (Å²) in [5.74, 6) is 0.00596. The monoisotopic (exact) mass is 531 g/mol. The van der Waals surface area contributed by atoms with Gasteiger partial charge in [-0.2, -0.15) is 21.6 Å². The smallest absolute Gasteiger partial charge is 0.460 e. The maximum absolute atomic E-state index is 12.7. The van der Waals surface area contributed by atoms with Crippen molar-refractivity contribution in [3.8, 4) is 0 Å². The number of halogens is 3. The molecule has 0 saturated heterocycles. The molecule has 0 aliphatic heterocycles. The van der Waals surface area contributed by atoms with Gasteiger partial charge in [0.1, 0.15) is 18.4 Å². The van der Waals surface area contributed by atoms with Crippen LogP contribution in [0, 0.1) is 5.92 Å². The summed E-state index contributed by atoms with van der Waals surface area (Å²) in [7, 11) is -4.89. The van der Waals surface area contributed by atoms with E-state index in [0.717, 1.165) is 11.1 Å². The first-order valence-corrected chi connectivity index (χ1v) is 12.6. The van der Waals surface area contributed by atoms with E-state index in [9.17, 15) is 31.2 Å². The minimum absolute atomic E-state index is 0.0171. The van der Waals surface area contributed by atoms with Crippen LogP contribution in [0.15, 0.2) is 60.7 Å². The molecule has 200 valence electrons. The van der Waals surface area contributed by atoms with Crippen LogP contribution in [0.25, 0.3) is 0 Å². The largest absolute Gasteiger partial charge is 0.523 e. The number of ketones is 1. The van der Waals surface area contributed by atoms with E-state index in [1.165, 1.54) is 0 Å². The fourth-order valence-corrected chi connectivity index (χ4v) is 3.23. The lowest BCUT2D eigenvalue weighted by molar-refractivity contribution is -0.148. The molecule has 0 unspecified atom stereocenters. The Labute approximate surface area is 210 Å². The van der Waals surface area contributed by atoms with E-state index in [2.05, 4.69) is 23.3 Å². The summed E-state index contributed by atoms with van der Waals surface area (Å²) in [6.45, 7) is 5.90. The molecule has 0 aliphatic carbocycles. The summed E-state index contributed by atoms with van der Waals surface area (Å²) in [4.78, 5) is 24.8. The average Bonchev–Trinajstić information content (AvgIpc) is 2.82. The quantitative estimate of drug-likeness (QED) is 0.260. The molecular weight excluding hydrogens is 499 g/mol. The maximum Gasteiger partial charge on any atom is 0.523 e. The van der Waals surface area contributed by atoms with Crippen molar-refractivity contribution in [2.45, 2.75) is 57.8 Å². The van der Waals surface area contributed by atoms with Crippen molar-refractivity contribution in [2.24, 2.45) is 5.92 Å². The first kappa shape index (κ1) is 31.3. The molecule has 2 aromatic rings. The van der Waals surface area contributed by atoms with E-state index in [1.54, 1.807) is 6.92 Å². The van der Waals surface area contributed by atoms with Gasteiger partial charge in [0.15, 0.2) is 0 Å². The fraction of sp³-hybridized carbons (Fsp3) is 0.440. The minimum atomic E-state index is -5.34. The van der Waals surface area contributed by atoms with Gasteiger partial charge in [-0.1, -0.05) is 74.5 Å². The van der Waals surface area contributed by atoms with Crippen LogP contribution < -0.4 is 5.32 Å². The predicted octanol–water partition coefficient (Wildman–Crippen LogP) is 4.42. The molecule has 0 saturated carbocycles. The SMILES string of the molecule is CC(=O)[C@H](Cc1ccccc1)N[C@@H](CC(C)C)C(=O)OCc1ccccc1.COS(=O)(=O)C(F)(F)F. The number of alkyl halides is 3. The van der Waals surface area contributed by atoms with Gasteiger partial charge in [0.05, 0.1) is 13.2 Å². The van der Waals surface area contributed by atoms with Crippen LogP contribution in [-0.4, -0.2) is 44.9 Å². The zero-order chi connectivity index (χ0) is 27.4. The number of benzene rings is 2. The van der Waals surface area contributed by atoms with Crippen molar-refractivity contribution in [3.63, 3.8) is 0 Å². The van der Waals surface area contributed by atoms with E-state index in [1.807, 2.05) is 60.7 Å². The van der Waals surface area contributed by atoms with Gasteiger partial charge in [-0.05, 0) is 36.8 Å². The van der Waals surface area contributed by atoms with Crippen LogP contribution in [0.1, 0.15) is 38.3 Å². The second kappa shape index (κ2) is 14.7. The maximum atomic E-state index is 12.7. The molecule has 0 bridgehead atoms. The second-order valence-corrected chi connectivity index (χ2v) is 10.1. The number of Topliss-reactive ketones (excluding diaryl/α,β-unsaturated/α-hetero) is 1. The molecule has 7 nitrogen and oxygen atoms in total. The van der Waals surface area contributed by atoms with Gasteiger partial charge < -0.3 is 4.74 Å². The van der Waals surface area contributed by atoms with Crippen molar-refractivity contribution in [3.05, 3.63) is 71.8 Å². The van der Waals surface area contributed by atoms with E-state index >= 15 is 0 Å². The Morgan fingerprint density at radius 2 is 1.42 bits per heavy atom. The summed E-state index contributed by atoms with van der Waals surface area (Å²) in [5, 5.41) is 3.25. The molecule has 0 aromatic heterocycles. The molecule has 0 radical (unpaired) electrons. The third-order valence-corrected chi connectivity index (χ3v) is 5.90. The van der Waals surface area contributed by atoms with Gasteiger partial charge in [0.2, 0.25) is 0 Å². The van der Waals surface area contributed by atoms with Crippen molar-refractivity contribution in [1.29, 1.82) is 0 Å². The van der Waals surface area contributed by atoms with Crippen molar-refractivity contribution in [1.82, 2.24) is 5.32 Å². The van der Waals surface area contributed by atoms with Gasteiger partial charge in [-0.3, -0.25) is 19.1 Å². The van der Waals surface area contributed by atoms with Crippen molar-refractivity contribution in [2.75, 3.05) is 7.11 Å². The zero-order valence-corrected chi connectivity index (χ0v) is 21.4. The number of ether oxygens (including phenoxy) is 1. The van der Waals surface area contributed by atoms with Crippen molar-refractivity contribution < 1.29 is 40.1 Å². The van der Waals surface area contributed by atoms with E-state index in [4.69, 9.17) is 4.74 Å². The molecule has 2 aromatic carbocycles. The molecule has 0 heterocycles. The Balaban J connectivity index is 0.000000613. The Morgan fingerprint density at radius 3 is 1.81 bits per heavy atom. The molecule has 2 rings (SSSR count). The third-order valence-electron chi connectivity index (χ3n) is 4.89. The average molecular weight is 532 g/mol. The van der Waals surface area contributed by atoms with E-state index < -0.39 is 27.7 Å². The number of hydrogen-bond acceptors (Lipinski definition) is 7. The van der Waals surface area contributed by atoms with Crippen LogP contribution in [-0.2, 0) is 41.7 Å². The normalized spacial score (nSPS) is 13.3. The molecule has 0 fully saturated rings. The number of esters is 1. The van der Waals surface area contributed by atoms with Crippen LogP contribution in [0.3, 0.4) is 0 Å². The highest BCUT2D eigenvalue weighted by Crippen LogP contribution is 2.23. The lowest BCUT2D eigenvalue weighted by Gasteiger charge is -2.24. The van der Waals surface area contributed by atoms with E-state index in [-0.39, 0.29) is 18.4 Å².